The Morgan fingerprint density at radius 1 is 1.00 bits per heavy atom. The van der Waals surface area contributed by atoms with Gasteiger partial charge in [0, 0.05) is 5.69 Å². The summed E-state index contributed by atoms with van der Waals surface area (Å²) in [5.74, 6) is 0.0498. The molecule has 0 aliphatic heterocycles. The fourth-order valence-corrected chi connectivity index (χ4v) is 1.96. The first-order valence-corrected chi connectivity index (χ1v) is 7.79. The summed E-state index contributed by atoms with van der Waals surface area (Å²) in [6.07, 6.45) is 0. The number of rotatable bonds is 7. The van der Waals surface area contributed by atoms with Crippen molar-refractivity contribution in [2.24, 2.45) is 5.73 Å². The van der Waals surface area contributed by atoms with E-state index in [-0.39, 0.29) is 0 Å². The molecular formula is C18H19N3O5. The Labute approximate surface area is 150 Å². The minimum Gasteiger partial charge on any atom is -0.457 e. The second-order valence-corrected chi connectivity index (χ2v) is 5.33. The summed E-state index contributed by atoms with van der Waals surface area (Å²) in [4.78, 5) is 34.0. The molecule has 0 saturated carbocycles. The average Bonchev–Trinajstić information content (AvgIpc) is 2.61. The standard InChI is InChI=1S/C18H19N3O5/c1-12(20-18(19)24)17(23)25-11-16(22)21-13-7-9-15(10-8-13)26-14-5-3-2-4-6-14/h2-10,12H,11H2,1H3,(H,21,22)(H3,19,20,24)/t12-/m1/s1. The Morgan fingerprint density at radius 2 is 1.62 bits per heavy atom. The van der Waals surface area contributed by atoms with Gasteiger partial charge in [-0.3, -0.25) is 4.79 Å². The first-order chi connectivity index (χ1) is 12.4. The van der Waals surface area contributed by atoms with Crippen LogP contribution < -0.4 is 21.1 Å². The summed E-state index contributed by atoms with van der Waals surface area (Å²) >= 11 is 0. The van der Waals surface area contributed by atoms with Gasteiger partial charge in [-0.15, -0.1) is 0 Å². The molecule has 2 aromatic rings. The van der Waals surface area contributed by atoms with Crippen LogP contribution in [0.15, 0.2) is 54.6 Å². The highest BCUT2D eigenvalue weighted by Gasteiger charge is 2.17. The van der Waals surface area contributed by atoms with Crippen LogP contribution in [0.3, 0.4) is 0 Å². The molecule has 8 nitrogen and oxygen atoms in total. The van der Waals surface area contributed by atoms with Crippen molar-refractivity contribution in [2.75, 3.05) is 11.9 Å². The largest absolute Gasteiger partial charge is 0.457 e. The minimum absolute atomic E-state index is 0.480. The lowest BCUT2D eigenvalue weighted by Gasteiger charge is -2.12. The van der Waals surface area contributed by atoms with Crippen LogP contribution in [0, 0.1) is 0 Å². The summed E-state index contributed by atoms with van der Waals surface area (Å²) in [6, 6.07) is 14.2. The Morgan fingerprint density at radius 3 is 2.23 bits per heavy atom. The maximum Gasteiger partial charge on any atom is 0.328 e. The molecule has 0 aliphatic rings. The highest BCUT2D eigenvalue weighted by Crippen LogP contribution is 2.22. The SMILES string of the molecule is C[C@@H](NC(N)=O)C(=O)OCC(=O)Nc1ccc(Oc2ccccc2)cc1. The topological polar surface area (TPSA) is 120 Å². The number of urea groups is 1. The highest BCUT2D eigenvalue weighted by molar-refractivity contribution is 5.93. The van der Waals surface area contributed by atoms with E-state index in [1.807, 2.05) is 30.3 Å². The molecule has 2 rings (SSSR count). The Kier molecular flexibility index (Phi) is 6.55. The number of esters is 1. The molecule has 8 heteroatoms. The maximum absolute atomic E-state index is 11.8. The number of carbonyl (C=O) groups is 3. The van der Waals surface area contributed by atoms with E-state index in [0.717, 1.165) is 0 Å². The van der Waals surface area contributed by atoms with E-state index in [1.165, 1.54) is 6.92 Å². The van der Waals surface area contributed by atoms with Gasteiger partial charge in [0.15, 0.2) is 6.61 Å². The van der Waals surface area contributed by atoms with Crippen molar-refractivity contribution in [1.29, 1.82) is 0 Å². The monoisotopic (exact) mass is 357 g/mol. The number of nitrogens with one attached hydrogen (secondary N) is 2. The van der Waals surface area contributed by atoms with Crippen LogP contribution in [0.4, 0.5) is 10.5 Å². The van der Waals surface area contributed by atoms with Gasteiger partial charge in [0.2, 0.25) is 0 Å². The van der Waals surface area contributed by atoms with Gasteiger partial charge in [0.25, 0.3) is 5.91 Å². The van der Waals surface area contributed by atoms with Crippen LogP contribution in [0.2, 0.25) is 0 Å². The summed E-state index contributed by atoms with van der Waals surface area (Å²) in [5, 5.41) is 4.75. The average molecular weight is 357 g/mol. The molecule has 3 amide bonds. The molecule has 136 valence electrons. The second-order valence-electron chi connectivity index (χ2n) is 5.33. The number of benzene rings is 2. The fourth-order valence-electron chi connectivity index (χ4n) is 1.96. The highest BCUT2D eigenvalue weighted by atomic mass is 16.5. The van der Waals surface area contributed by atoms with Crippen molar-refractivity contribution in [3.8, 4) is 11.5 Å². The Hall–Kier alpha value is -3.55. The predicted molar refractivity (Wildman–Crippen MR) is 94.7 cm³/mol. The Balaban J connectivity index is 1.80. The van der Waals surface area contributed by atoms with Gasteiger partial charge in [0.1, 0.15) is 17.5 Å². The van der Waals surface area contributed by atoms with E-state index in [4.69, 9.17) is 15.2 Å². The molecule has 0 radical (unpaired) electrons. The summed E-state index contributed by atoms with van der Waals surface area (Å²) in [7, 11) is 0. The molecule has 26 heavy (non-hydrogen) atoms. The lowest BCUT2D eigenvalue weighted by molar-refractivity contribution is -0.148. The lowest BCUT2D eigenvalue weighted by Crippen LogP contribution is -2.43. The third-order valence-corrected chi connectivity index (χ3v) is 3.17. The number of hydrogen-bond donors (Lipinski definition) is 3. The normalized spacial score (nSPS) is 11.1. The maximum atomic E-state index is 11.8. The number of ether oxygens (including phenoxy) is 2. The second kappa shape index (κ2) is 9.07. The number of amides is 3. The van der Waals surface area contributed by atoms with Crippen molar-refractivity contribution in [3.05, 3.63) is 54.6 Å². The summed E-state index contributed by atoms with van der Waals surface area (Å²) in [5.41, 5.74) is 5.43. The van der Waals surface area contributed by atoms with Crippen LogP contribution >= 0.6 is 0 Å². The number of para-hydroxylation sites is 1. The van der Waals surface area contributed by atoms with Crippen molar-refractivity contribution in [2.45, 2.75) is 13.0 Å². The summed E-state index contributed by atoms with van der Waals surface area (Å²) < 4.78 is 10.4. The molecule has 4 N–H and O–H groups in total. The minimum atomic E-state index is -0.935. The van der Waals surface area contributed by atoms with Gasteiger partial charge in [-0.2, -0.15) is 0 Å². The number of anilines is 1. The summed E-state index contributed by atoms with van der Waals surface area (Å²) in [6.45, 7) is 0.919. The van der Waals surface area contributed by atoms with E-state index in [2.05, 4.69) is 10.6 Å². The molecule has 0 unspecified atom stereocenters. The van der Waals surface area contributed by atoms with E-state index in [9.17, 15) is 14.4 Å². The van der Waals surface area contributed by atoms with Gasteiger partial charge in [0.05, 0.1) is 0 Å². The van der Waals surface area contributed by atoms with Gasteiger partial charge in [-0.05, 0) is 43.3 Å². The lowest BCUT2D eigenvalue weighted by atomic mass is 10.3. The zero-order valence-corrected chi connectivity index (χ0v) is 14.1. The smallest absolute Gasteiger partial charge is 0.328 e. The van der Waals surface area contributed by atoms with Crippen molar-refractivity contribution in [3.63, 3.8) is 0 Å². The van der Waals surface area contributed by atoms with Gasteiger partial charge < -0.3 is 25.8 Å². The van der Waals surface area contributed by atoms with E-state index < -0.39 is 30.6 Å². The number of nitrogens with two attached hydrogens (primary N) is 1. The first kappa shape index (κ1) is 18.8. The molecule has 1 atom stereocenters. The number of primary amides is 1. The third kappa shape index (κ3) is 6.16. The third-order valence-electron chi connectivity index (χ3n) is 3.17. The van der Waals surface area contributed by atoms with E-state index in [0.29, 0.717) is 17.2 Å². The molecule has 0 spiro atoms. The van der Waals surface area contributed by atoms with Crippen LogP contribution in [0.5, 0.6) is 11.5 Å². The van der Waals surface area contributed by atoms with Gasteiger partial charge in [-0.1, -0.05) is 18.2 Å². The van der Waals surface area contributed by atoms with E-state index >= 15 is 0 Å². The first-order valence-electron chi connectivity index (χ1n) is 7.79. The predicted octanol–water partition coefficient (Wildman–Crippen LogP) is 2.02. The van der Waals surface area contributed by atoms with Crippen LogP contribution in [-0.4, -0.2) is 30.6 Å². The quantitative estimate of drug-likeness (QED) is 0.655. The van der Waals surface area contributed by atoms with Crippen molar-refractivity contribution < 1.29 is 23.9 Å². The molecule has 2 aromatic carbocycles. The molecule has 0 saturated heterocycles. The molecule has 0 aliphatic carbocycles. The van der Waals surface area contributed by atoms with Crippen molar-refractivity contribution >= 4 is 23.6 Å². The van der Waals surface area contributed by atoms with Crippen LogP contribution in [-0.2, 0) is 14.3 Å². The molecule has 0 heterocycles. The molecule has 0 fully saturated rings. The number of carbonyl (C=O) groups excluding carboxylic acids is 3. The fraction of sp³-hybridized carbons (Fsp3) is 0.167. The molecular weight excluding hydrogens is 338 g/mol. The Bertz CT molecular complexity index is 762. The molecule has 0 aromatic heterocycles. The van der Waals surface area contributed by atoms with Gasteiger partial charge >= 0.3 is 12.0 Å². The molecule has 0 bridgehead atoms. The van der Waals surface area contributed by atoms with Gasteiger partial charge in [-0.25, -0.2) is 9.59 Å². The zero-order chi connectivity index (χ0) is 18.9. The number of hydrogen-bond acceptors (Lipinski definition) is 5. The van der Waals surface area contributed by atoms with Crippen LogP contribution in [0.25, 0.3) is 0 Å². The van der Waals surface area contributed by atoms with Crippen LogP contribution in [0.1, 0.15) is 6.92 Å². The van der Waals surface area contributed by atoms with Crippen molar-refractivity contribution in [1.82, 2.24) is 5.32 Å². The van der Waals surface area contributed by atoms with E-state index in [1.54, 1.807) is 24.3 Å². The zero-order valence-electron chi connectivity index (χ0n) is 14.1.